The number of nitrogens with two attached hydrogens (primary N) is 1. The Balaban J connectivity index is 2.19. The van der Waals surface area contributed by atoms with E-state index >= 15 is 0 Å². The molecule has 1 fully saturated rings. The van der Waals surface area contributed by atoms with Crippen LogP contribution in [-0.4, -0.2) is 23.8 Å². The second-order valence-electron chi connectivity index (χ2n) is 1.78. The van der Waals surface area contributed by atoms with Gasteiger partial charge in [-0.3, -0.25) is 5.32 Å². The van der Waals surface area contributed by atoms with Gasteiger partial charge in [0.2, 0.25) is 0 Å². The van der Waals surface area contributed by atoms with Crippen LogP contribution in [-0.2, 0) is 0 Å². The SMILES string of the molecule is NC(=O)NC1CSCN1. The number of carbonyl (C=O) groups excluding carboxylic acids is 1. The fourth-order valence-electron chi connectivity index (χ4n) is 0.660. The minimum absolute atomic E-state index is 0.0764. The number of hydrogen-bond donors (Lipinski definition) is 3. The Labute approximate surface area is 57.6 Å². The molecule has 1 atom stereocenters. The zero-order valence-electron chi connectivity index (χ0n) is 4.89. The Morgan fingerprint density at radius 3 is 3.11 bits per heavy atom. The molecule has 0 aromatic rings. The molecule has 0 aromatic carbocycles. The Morgan fingerprint density at radius 1 is 1.89 bits per heavy atom. The summed E-state index contributed by atoms with van der Waals surface area (Å²) in [5.41, 5.74) is 4.87. The van der Waals surface area contributed by atoms with E-state index in [0.29, 0.717) is 0 Å². The van der Waals surface area contributed by atoms with Crippen LogP contribution in [0.15, 0.2) is 0 Å². The van der Waals surface area contributed by atoms with Gasteiger partial charge in [0.25, 0.3) is 0 Å². The minimum Gasteiger partial charge on any atom is -0.352 e. The molecule has 9 heavy (non-hydrogen) atoms. The Kier molecular flexibility index (Phi) is 2.18. The predicted octanol–water partition coefficient (Wildman–Crippen LogP) is -0.725. The normalized spacial score (nSPS) is 26.0. The lowest BCUT2D eigenvalue weighted by molar-refractivity contribution is 0.245. The van der Waals surface area contributed by atoms with Crippen molar-refractivity contribution in [1.29, 1.82) is 0 Å². The first-order valence-electron chi connectivity index (χ1n) is 2.66. The van der Waals surface area contributed by atoms with Crippen LogP contribution in [0.25, 0.3) is 0 Å². The predicted molar refractivity (Wildman–Crippen MR) is 37.0 cm³/mol. The van der Waals surface area contributed by atoms with E-state index in [9.17, 15) is 4.79 Å². The number of thioether (sulfide) groups is 1. The second kappa shape index (κ2) is 2.93. The molecule has 1 heterocycles. The molecule has 4 N–H and O–H groups in total. The van der Waals surface area contributed by atoms with Crippen molar-refractivity contribution in [3.8, 4) is 0 Å². The van der Waals surface area contributed by atoms with Crippen molar-refractivity contribution in [2.75, 3.05) is 11.6 Å². The third-order valence-electron chi connectivity index (χ3n) is 1.03. The fourth-order valence-corrected chi connectivity index (χ4v) is 1.53. The zero-order valence-corrected chi connectivity index (χ0v) is 5.70. The summed E-state index contributed by atoms with van der Waals surface area (Å²) in [4.78, 5) is 10.2. The first-order chi connectivity index (χ1) is 4.29. The molecular weight excluding hydrogens is 138 g/mol. The van der Waals surface area contributed by atoms with Gasteiger partial charge in [0.15, 0.2) is 0 Å². The summed E-state index contributed by atoms with van der Waals surface area (Å²) in [6.07, 6.45) is 0.0764. The Bertz CT molecular complexity index is 112. The maximum Gasteiger partial charge on any atom is 0.313 e. The first-order valence-corrected chi connectivity index (χ1v) is 3.81. The molecule has 1 saturated heterocycles. The van der Waals surface area contributed by atoms with Crippen molar-refractivity contribution in [3.63, 3.8) is 0 Å². The van der Waals surface area contributed by atoms with Gasteiger partial charge >= 0.3 is 6.03 Å². The van der Waals surface area contributed by atoms with Crippen molar-refractivity contribution < 1.29 is 4.79 Å². The lowest BCUT2D eigenvalue weighted by atomic mass is 10.6. The van der Waals surface area contributed by atoms with Gasteiger partial charge in [-0.1, -0.05) is 0 Å². The standard InChI is InChI=1S/C4H9N3OS/c5-4(8)7-3-1-9-2-6-3/h3,6H,1-2H2,(H3,5,7,8). The number of urea groups is 1. The number of primary amides is 1. The molecule has 52 valence electrons. The molecule has 1 rings (SSSR count). The fraction of sp³-hybridized carbons (Fsp3) is 0.750. The highest BCUT2D eigenvalue weighted by atomic mass is 32.2. The van der Waals surface area contributed by atoms with E-state index in [-0.39, 0.29) is 6.17 Å². The molecule has 1 unspecified atom stereocenters. The molecule has 0 spiro atoms. The van der Waals surface area contributed by atoms with Crippen LogP contribution in [0.2, 0.25) is 0 Å². The number of nitrogens with one attached hydrogen (secondary N) is 2. The summed E-state index contributed by atoms with van der Waals surface area (Å²) >= 11 is 1.74. The summed E-state index contributed by atoms with van der Waals surface area (Å²) < 4.78 is 0. The molecule has 2 amide bonds. The van der Waals surface area contributed by atoms with Crippen LogP contribution in [0.3, 0.4) is 0 Å². The van der Waals surface area contributed by atoms with Gasteiger partial charge in [-0.2, -0.15) is 0 Å². The van der Waals surface area contributed by atoms with Crippen molar-refractivity contribution in [2.45, 2.75) is 6.17 Å². The van der Waals surface area contributed by atoms with Gasteiger partial charge < -0.3 is 11.1 Å². The quantitative estimate of drug-likeness (QED) is 0.458. The molecule has 5 heteroatoms. The molecule has 0 saturated carbocycles. The summed E-state index contributed by atoms with van der Waals surface area (Å²) in [5.74, 6) is 1.80. The lowest BCUT2D eigenvalue weighted by Crippen LogP contribution is -2.45. The van der Waals surface area contributed by atoms with E-state index in [1.165, 1.54) is 0 Å². The van der Waals surface area contributed by atoms with Gasteiger partial charge in [0.05, 0.1) is 6.17 Å². The van der Waals surface area contributed by atoms with Gasteiger partial charge in [-0.25, -0.2) is 4.79 Å². The molecule has 0 aliphatic carbocycles. The molecule has 0 aromatic heterocycles. The molecule has 1 aliphatic rings. The van der Waals surface area contributed by atoms with Gasteiger partial charge in [0, 0.05) is 11.6 Å². The monoisotopic (exact) mass is 147 g/mol. The van der Waals surface area contributed by atoms with Crippen LogP contribution in [0.4, 0.5) is 4.79 Å². The highest BCUT2D eigenvalue weighted by Crippen LogP contribution is 2.06. The second-order valence-corrected chi connectivity index (χ2v) is 2.81. The van der Waals surface area contributed by atoms with Crippen LogP contribution in [0, 0.1) is 0 Å². The van der Waals surface area contributed by atoms with Crippen LogP contribution >= 0.6 is 11.8 Å². The van der Waals surface area contributed by atoms with Crippen LogP contribution in [0.1, 0.15) is 0 Å². The van der Waals surface area contributed by atoms with Crippen LogP contribution in [0.5, 0.6) is 0 Å². The topological polar surface area (TPSA) is 67.2 Å². The van der Waals surface area contributed by atoms with E-state index in [0.717, 1.165) is 11.6 Å². The van der Waals surface area contributed by atoms with E-state index in [1.807, 2.05) is 0 Å². The van der Waals surface area contributed by atoms with Crippen LogP contribution < -0.4 is 16.4 Å². The third kappa shape index (κ3) is 2.11. The number of carbonyl (C=O) groups is 1. The van der Waals surface area contributed by atoms with Crippen molar-refractivity contribution in [1.82, 2.24) is 10.6 Å². The average molecular weight is 147 g/mol. The number of amides is 2. The molecule has 4 nitrogen and oxygen atoms in total. The minimum atomic E-state index is -0.463. The lowest BCUT2D eigenvalue weighted by Gasteiger charge is -2.07. The molecular formula is C4H9N3OS. The zero-order chi connectivity index (χ0) is 6.69. The molecule has 1 aliphatic heterocycles. The summed E-state index contributed by atoms with van der Waals surface area (Å²) in [7, 11) is 0. The van der Waals surface area contributed by atoms with E-state index < -0.39 is 6.03 Å². The maximum atomic E-state index is 10.2. The first kappa shape index (κ1) is 6.70. The van der Waals surface area contributed by atoms with E-state index in [2.05, 4.69) is 10.6 Å². The smallest absolute Gasteiger partial charge is 0.313 e. The summed E-state index contributed by atoms with van der Waals surface area (Å²) in [5, 5.41) is 5.59. The molecule has 0 bridgehead atoms. The number of hydrogen-bond acceptors (Lipinski definition) is 3. The van der Waals surface area contributed by atoms with Gasteiger partial charge in [-0.05, 0) is 0 Å². The Hall–Kier alpha value is -0.420. The molecule has 0 radical (unpaired) electrons. The highest BCUT2D eigenvalue weighted by Gasteiger charge is 2.14. The third-order valence-corrected chi connectivity index (χ3v) is 1.97. The van der Waals surface area contributed by atoms with Crippen molar-refractivity contribution >= 4 is 17.8 Å². The van der Waals surface area contributed by atoms with Gasteiger partial charge in [-0.15, -0.1) is 11.8 Å². The van der Waals surface area contributed by atoms with Crippen molar-refractivity contribution in [3.05, 3.63) is 0 Å². The number of rotatable bonds is 1. The average Bonchev–Trinajstić information content (AvgIpc) is 2.15. The van der Waals surface area contributed by atoms with Gasteiger partial charge in [0.1, 0.15) is 0 Å². The highest BCUT2D eigenvalue weighted by molar-refractivity contribution is 7.99. The summed E-state index contributed by atoms with van der Waals surface area (Å²) in [6, 6.07) is -0.463. The van der Waals surface area contributed by atoms with Crippen molar-refractivity contribution in [2.24, 2.45) is 5.73 Å². The van der Waals surface area contributed by atoms with E-state index in [4.69, 9.17) is 5.73 Å². The maximum absolute atomic E-state index is 10.2. The Morgan fingerprint density at radius 2 is 2.67 bits per heavy atom. The van der Waals surface area contributed by atoms with E-state index in [1.54, 1.807) is 11.8 Å². The summed E-state index contributed by atoms with van der Waals surface area (Å²) in [6.45, 7) is 0. The largest absolute Gasteiger partial charge is 0.352 e.